The van der Waals surface area contributed by atoms with Gasteiger partial charge in [0.25, 0.3) is 10.0 Å². The van der Waals surface area contributed by atoms with Crippen LogP contribution in [0.3, 0.4) is 0 Å². The summed E-state index contributed by atoms with van der Waals surface area (Å²) in [7, 11) is -0.734. The van der Waals surface area contributed by atoms with E-state index in [1.807, 2.05) is 29.7 Å². The number of fused-ring (bicyclic) bond motifs is 1. The fourth-order valence-electron chi connectivity index (χ4n) is 2.68. The maximum absolute atomic E-state index is 12.8. The summed E-state index contributed by atoms with van der Waals surface area (Å²) < 4.78 is 48.3. The van der Waals surface area contributed by atoms with Gasteiger partial charge < -0.3 is 18.8 Å². The molecule has 0 saturated heterocycles. The summed E-state index contributed by atoms with van der Waals surface area (Å²) in [5, 5.41) is 0. The number of thiazole rings is 1. The van der Waals surface area contributed by atoms with Crippen molar-refractivity contribution < 1.29 is 22.6 Å². The first-order valence-corrected chi connectivity index (χ1v) is 10.9. The van der Waals surface area contributed by atoms with Crippen LogP contribution in [0.1, 0.15) is 6.92 Å². The molecule has 1 heterocycles. The highest BCUT2D eigenvalue weighted by molar-refractivity contribution is 7.90. The van der Waals surface area contributed by atoms with E-state index in [2.05, 4.69) is 4.40 Å². The van der Waals surface area contributed by atoms with Crippen molar-refractivity contribution in [3.8, 4) is 11.5 Å². The third kappa shape index (κ3) is 4.37. The van der Waals surface area contributed by atoms with Crippen LogP contribution in [0.5, 0.6) is 11.5 Å². The molecule has 0 amide bonds. The molecule has 0 spiro atoms. The van der Waals surface area contributed by atoms with Gasteiger partial charge in [-0.05, 0) is 49.4 Å². The SMILES string of the molecule is CCOc1ccc2c(c1)s/c(=N\S(=O)(=O)c1ccc(OC)cc1)n2CCOC. The van der Waals surface area contributed by atoms with E-state index >= 15 is 0 Å². The summed E-state index contributed by atoms with van der Waals surface area (Å²) in [6, 6.07) is 11.8. The number of ether oxygens (including phenoxy) is 3. The Morgan fingerprint density at radius 2 is 1.79 bits per heavy atom. The minimum Gasteiger partial charge on any atom is -0.497 e. The first-order valence-electron chi connectivity index (χ1n) is 8.68. The summed E-state index contributed by atoms with van der Waals surface area (Å²) >= 11 is 1.30. The van der Waals surface area contributed by atoms with Gasteiger partial charge in [-0.1, -0.05) is 11.3 Å². The Morgan fingerprint density at radius 3 is 2.43 bits per heavy atom. The molecular formula is C19H22N2O5S2. The smallest absolute Gasteiger partial charge is 0.285 e. The van der Waals surface area contributed by atoms with Crippen molar-refractivity contribution in [3.05, 3.63) is 47.3 Å². The number of aromatic nitrogens is 1. The zero-order valence-electron chi connectivity index (χ0n) is 15.9. The van der Waals surface area contributed by atoms with Crippen molar-refractivity contribution in [1.82, 2.24) is 4.57 Å². The van der Waals surface area contributed by atoms with Crippen molar-refractivity contribution in [1.29, 1.82) is 0 Å². The number of methoxy groups -OCH3 is 2. The van der Waals surface area contributed by atoms with E-state index in [9.17, 15) is 8.42 Å². The molecule has 1 aromatic heterocycles. The lowest BCUT2D eigenvalue weighted by Crippen LogP contribution is -2.19. The summed E-state index contributed by atoms with van der Waals surface area (Å²) in [5.41, 5.74) is 0.884. The van der Waals surface area contributed by atoms with Gasteiger partial charge in [-0.25, -0.2) is 0 Å². The van der Waals surface area contributed by atoms with Crippen LogP contribution in [0.15, 0.2) is 51.8 Å². The Labute approximate surface area is 167 Å². The van der Waals surface area contributed by atoms with Crippen molar-refractivity contribution in [2.75, 3.05) is 27.4 Å². The lowest BCUT2D eigenvalue weighted by molar-refractivity contribution is 0.187. The van der Waals surface area contributed by atoms with Crippen LogP contribution in [0.25, 0.3) is 10.2 Å². The molecular weight excluding hydrogens is 400 g/mol. The van der Waals surface area contributed by atoms with Gasteiger partial charge in [0.05, 0.1) is 35.4 Å². The van der Waals surface area contributed by atoms with Gasteiger partial charge in [0.1, 0.15) is 11.5 Å². The number of hydrogen-bond donors (Lipinski definition) is 0. The van der Waals surface area contributed by atoms with E-state index in [0.717, 1.165) is 16.0 Å². The molecule has 0 radical (unpaired) electrons. The minimum atomic E-state index is -3.87. The second-order valence-electron chi connectivity index (χ2n) is 5.83. The zero-order valence-corrected chi connectivity index (χ0v) is 17.5. The number of sulfonamides is 1. The fraction of sp³-hybridized carbons (Fsp3) is 0.316. The molecule has 3 aromatic rings. The maximum Gasteiger partial charge on any atom is 0.285 e. The number of hydrogen-bond acceptors (Lipinski definition) is 6. The summed E-state index contributed by atoms with van der Waals surface area (Å²) in [5.74, 6) is 1.32. The molecule has 3 rings (SSSR count). The van der Waals surface area contributed by atoms with Crippen molar-refractivity contribution in [2.24, 2.45) is 4.40 Å². The lowest BCUT2D eigenvalue weighted by Gasteiger charge is -2.06. The van der Waals surface area contributed by atoms with Crippen LogP contribution < -0.4 is 14.3 Å². The van der Waals surface area contributed by atoms with E-state index in [-0.39, 0.29) is 4.90 Å². The van der Waals surface area contributed by atoms with Crippen LogP contribution in [0.4, 0.5) is 0 Å². The molecule has 0 unspecified atom stereocenters. The Hall–Kier alpha value is -2.36. The standard InChI is InChI=1S/C19H22N2O5S2/c1-4-26-15-7-10-17-18(13-15)27-19(21(17)11-12-24-2)20-28(22,23)16-8-5-14(25-3)6-9-16/h5-10,13H,4,11-12H2,1-3H3/b20-19-. The topological polar surface area (TPSA) is 79.1 Å². The van der Waals surface area contributed by atoms with Gasteiger partial charge in [0.15, 0.2) is 0 Å². The maximum atomic E-state index is 12.8. The summed E-state index contributed by atoms with van der Waals surface area (Å²) in [6.45, 7) is 3.40. The van der Waals surface area contributed by atoms with Gasteiger partial charge in [-0.15, -0.1) is 4.40 Å². The highest BCUT2D eigenvalue weighted by atomic mass is 32.2. The largest absolute Gasteiger partial charge is 0.497 e. The van der Waals surface area contributed by atoms with Gasteiger partial charge >= 0.3 is 0 Å². The Kier molecular flexibility index (Phi) is 6.38. The third-order valence-electron chi connectivity index (χ3n) is 4.04. The van der Waals surface area contributed by atoms with Gasteiger partial charge in [-0.2, -0.15) is 8.42 Å². The fourth-order valence-corrected chi connectivity index (χ4v) is 4.97. The number of rotatable bonds is 8. The molecule has 9 heteroatoms. The first-order chi connectivity index (χ1) is 13.5. The Morgan fingerprint density at radius 1 is 1.07 bits per heavy atom. The average molecular weight is 423 g/mol. The summed E-state index contributed by atoms with van der Waals surface area (Å²) in [6.07, 6.45) is 0. The van der Waals surface area contributed by atoms with E-state index in [4.69, 9.17) is 14.2 Å². The van der Waals surface area contributed by atoms with Crippen LogP contribution in [0.2, 0.25) is 0 Å². The van der Waals surface area contributed by atoms with Crippen LogP contribution >= 0.6 is 11.3 Å². The zero-order chi connectivity index (χ0) is 20.1. The second kappa shape index (κ2) is 8.76. The number of nitrogens with zero attached hydrogens (tertiary/aromatic N) is 2. The third-order valence-corrected chi connectivity index (χ3v) is 6.48. The lowest BCUT2D eigenvalue weighted by atomic mass is 10.3. The predicted octanol–water partition coefficient (Wildman–Crippen LogP) is 3.05. The van der Waals surface area contributed by atoms with E-state index in [1.165, 1.54) is 30.6 Å². The first kappa shape index (κ1) is 20.4. The van der Waals surface area contributed by atoms with E-state index in [1.54, 1.807) is 19.2 Å². The second-order valence-corrected chi connectivity index (χ2v) is 8.45. The van der Waals surface area contributed by atoms with Crippen molar-refractivity contribution in [2.45, 2.75) is 18.4 Å². The molecule has 28 heavy (non-hydrogen) atoms. The number of benzene rings is 2. The molecule has 0 aliphatic carbocycles. The highest BCUT2D eigenvalue weighted by Crippen LogP contribution is 2.24. The molecule has 0 saturated carbocycles. The quantitative estimate of drug-likeness (QED) is 0.557. The molecule has 2 aromatic carbocycles. The highest BCUT2D eigenvalue weighted by Gasteiger charge is 2.15. The van der Waals surface area contributed by atoms with E-state index < -0.39 is 10.0 Å². The molecule has 7 nitrogen and oxygen atoms in total. The molecule has 0 bridgehead atoms. The molecule has 0 N–H and O–H groups in total. The van der Waals surface area contributed by atoms with E-state index in [0.29, 0.717) is 30.3 Å². The van der Waals surface area contributed by atoms with Crippen LogP contribution in [-0.2, 0) is 21.3 Å². The molecule has 0 fully saturated rings. The Bertz CT molecular complexity index is 1120. The average Bonchev–Trinajstić information content (AvgIpc) is 3.02. The van der Waals surface area contributed by atoms with Gasteiger partial charge in [0.2, 0.25) is 4.80 Å². The van der Waals surface area contributed by atoms with Crippen molar-refractivity contribution in [3.63, 3.8) is 0 Å². The molecule has 150 valence electrons. The van der Waals surface area contributed by atoms with Gasteiger partial charge in [-0.3, -0.25) is 0 Å². The normalized spacial score (nSPS) is 12.5. The Balaban J connectivity index is 2.12. The molecule has 0 atom stereocenters. The van der Waals surface area contributed by atoms with Crippen molar-refractivity contribution >= 4 is 31.6 Å². The molecule has 0 aliphatic heterocycles. The van der Waals surface area contributed by atoms with Crippen LogP contribution in [-0.4, -0.2) is 40.4 Å². The van der Waals surface area contributed by atoms with Gasteiger partial charge in [0, 0.05) is 13.7 Å². The minimum absolute atomic E-state index is 0.110. The van der Waals surface area contributed by atoms with Crippen LogP contribution in [0, 0.1) is 0 Å². The monoisotopic (exact) mass is 422 g/mol. The summed E-state index contributed by atoms with van der Waals surface area (Å²) in [4.78, 5) is 0.496. The molecule has 0 aliphatic rings. The predicted molar refractivity (Wildman–Crippen MR) is 109 cm³/mol.